The van der Waals surface area contributed by atoms with Gasteiger partial charge in [-0.1, -0.05) is 6.07 Å². The first-order chi connectivity index (χ1) is 8.61. The maximum Gasteiger partial charge on any atom is 0.148 e. The van der Waals surface area contributed by atoms with E-state index in [4.69, 9.17) is 21.5 Å². The summed E-state index contributed by atoms with van der Waals surface area (Å²) in [7, 11) is 0. The third-order valence-corrected chi connectivity index (χ3v) is 2.37. The van der Waals surface area contributed by atoms with Crippen molar-refractivity contribution in [3.8, 4) is 17.6 Å². The van der Waals surface area contributed by atoms with Crippen LogP contribution in [-0.2, 0) is 0 Å². The summed E-state index contributed by atoms with van der Waals surface area (Å²) < 4.78 is 18.8. The Morgan fingerprint density at radius 1 is 1.11 bits per heavy atom. The van der Waals surface area contributed by atoms with Crippen LogP contribution in [0.25, 0.3) is 0 Å². The van der Waals surface area contributed by atoms with Gasteiger partial charge in [-0.2, -0.15) is 5.26 Å². The first kappa shape index (κ1) is 11.7. The number of rotatable bonds is 2. The molecule has 0 saturated heterocycles. The SMILES string of the molecule is N#Cc1c(F)cccc1Oc1ccc(N)c(N)c1. The molecule has 0 aliphatic rings. The third-order valence-electron chi connectivity index (χ3n) is 2.37. The zero-order valence-electron chi connectivity index (χ0n) is 9.35. The first-order valence-corrected chi connectivity index (χ1v) is 5.13. The number of ether oxygens (including phenoxy) is 1. The van der Waals surface area contributed by atoms with Crippen LogP contribution >= 0.6 is 0 Å². The summed E-state index contributed by atoms with van der Waals surface area (Å²) in [5.41, 5.74) is 11.9. The molecule has 0 bridgehead atoms. The second-order valence-electron chi connectivity index (χ2n) is 3.62. The van der Waals surface area contributed by atoms with Crippen LogP contribution < -0.4 is 16.2 Å². The highest BCUT2D eigenvalue weighted by Crippen LogP contribution is 2.29. The maximum absolute atomic E-state index is 13.3. The Bertz CT molecular complexity index is 635. The molecule has 4 nitrogen and oxygen atoms in total. The molecular formula is C13H10FN3O. The summed E-state index contributed by atoms with van der Waals surface area (Å²) in [5.74, 6) is -0.0936. The van der Waals surface area contributed by atoms with Crippen molar-refractivity contribution >= 4 is 11.4 Å². The van der Waals surface area contributed by atoms with E-state index in [0.717, 1.165) is 0 Å². The highest BCUT2D eigenvalue weighted by Gasteiger charge is 2.10. The molecule has 0 saturated carbocycles. The van der Waals surface area contributed by atoms with Crippen molar-refractivity contribution in [2.24, 2.45) is 0 Å². The van der Waals surface area contributed by atoms with Gasteiger partial charge in [0.15, 0.2) is 0 Å². The molecule has 0 aromatic heterocycles. The van der Waals surface area contributed by atoms with Crippen LogP contribution in [0.4, 0.5) is 15.8 Å². The molecule has 0 fully saturated rings. The lowest BCUT2D eigenvalue weighted by Gasteiger charge is -2.09. The fourth-order valence-corrected chi connectivity index (χ4v) is 1.44. The molecule has 2 rings (SSSR count). The van der Waals surface area contributed by atoms with Gasteiger partial charge in [0.05, 0.1) is 11.4 Å². The summed E-state index contributed by atoms with van der Waals surface area (Å²) in [4.78, 5) is 0. The van der Waals surface area contributed by atoms with Crippen LogP contribution in [0, 0.1) is 17.1 Å². The van der Waals surface area contributed by atoms with Gasteiger partial charge in [-0.3, -0.25) is 0 Å². The normalized spacial score (nSPS) is 9.78. The number of nitrogen functional groups attached to an aromatic ring is 2. The average Bonchev–Trinajstić information content (AvgIpc) is 2.34. The molecule has 0 spiro atoms. The minimum absolute atomic E-state index is 0.140. The number of hydrogen-bond acceptors (Lipinski definition) is 4. The predicted molar refractivity (Wildman–Crippen MR) is 66.5 cm³/mol. The monoisotopic (exact) mass is 243 g/mol. The molecule has 2 aromatic carbocycles. The summed E-state index contributed by atoms with van der Waals surface area (Å²) in [6.07, 6.45) is 0. The van der Waals surface area contributed by atoms with Gasteiger partial charge in [-0.15, -0.1) is 0 Å². The Morgan fingerprint density at radius 3 is 2.56 bits per heavy atom. The van der Waals surface area contributed by atoms with Crippen molar-refractivity contribution in [3.63, 3.8) is 0 Å². The van der Waals surface area contributed by atoms with Crippen LogP contribution in [0.1, 0.15) is 5.56 Å². The van der Waals surface area contributed by atoms with Crippen LogP contribution in [-0.4, -0.2) is 0 Å². The number of anilines is 2. The second-order valence-corrected chi connectivity index (χ2v) is 3.62. The Balaban J connectivity index is 2.37. The lowest BCUT2D eigenvalue weighted by Crippen LogP contribution is -1.96. The van der Waals surface area contributed by atoms with Gasteiger partial charge in [-0.05, 0) is 24.3 Å². The van der Waals surface area contributed by atoms with E-state index in [1.54, 1.807) is 18.2 Å². The largest absolute Gasteiger partial charge is 0.456 e. The first-order valence-electron chi connectivity index (χ1n) is 5.13. The van der Waals surface area contributed by atoms with E-state index in [1.165, 1.54) is 24.3 Å². The van der Waals surface area contributed by atoms with Crippen LogP contribution in [0.3, 0.4) is 0 Å². The molecule has 0 atom stereocenters. The highest BCUT2D eigenvalue weighted by molar-refractivity contribution is 5.65. The van der Waals surface area contributed by atoms with Gasteiger partial charge in [0.2, 0.25) is 0 Å². The Kier molecular flexibility index (Phi) is 3.02. The lowest BCUT2D eigenvalue weighted by molar-refractivity contribution is 0.475. The van der Waals surface area contributed by atoms with Gasteiger partial charge in [0.1, 0.15) is 28.9 Å². The molecule has 0 unspecified atom stereocenters. The van der Waals surface area contributed by atoms with Gasteiger partial charge in [-0.25, -0.2) is 4.39 Å². The number of benzene rings is 2. The minimum atomic E-state index is -0.626. The molecule has 5 heteroatoms. The number of nitriles is 1. The topological polar surface area (TPSA) is 85.1 Å². The predicted octanol–water partition coefficient (Wildman–Crippen LogP) is 2.65. The molecule has 0 heterocycles. The van der Waals surface area contributed by atoms with Crippen LogP contribution in [0.2, 0.25) is 0 Å². The number of halogens is 1. The lowest BCUT2D eigenvalue weighted by atomic mass is 10.2. The van der Waals surface area contributed by atoms with Crippen molar-refractivity contribution in [1.29, 1.82) is 5.26 Å². The van der Waals surface area contributed by atoms with E-state index in [1.807, 2.05) is 0 Å². The fourth-order valence-electron chi connectivity index (χ4n) is 1.44. The van der Waals surface area contributed by atoms with Gasteiger partial charge in [0, 0.05) is 6.07 Å². The number of nitrogens with two attached hydrogens (primary N) is 2. The van der Waals surface area contributed by atoms with E-state index >= 15 is 0 Å². The molecule has 0 aliphatic carbocycles. The molecule has 0 aliphatic heterocycles. The van der Waals surface area contributed by atoms with E-state index in [2.05, 4.69) is 0 Å². The molecule has 18 heavy (non-hydrogen) atoms. The zero-order valence-corrected chi connectivity index (χ0v) is 9.35. The van der Waals surface area contributed by atoms with E-state index in [-0.39, 0.29) is 11.3 Å². The summed E-state index contributed by atoms with van der Waals surface area (Å²) in [6.45, 7) is 0. The number of hydrogen-bond donors (Lipinski definition) is 2. The minimum Gasteiger partial charge on any atom is -0.456 e. The molecule has 4 N–H and O–H groups in total. The van der Waals surface area contributed by atoms with Crippen molar-refractivity contribution in [2.45, 2.75) is 0 Å². The molecule has 0 radical (unpaired) electrons. The van der Waals surface area contributed by atoms with E-state index in [9.17, 15) is 4.39 Å². The molecule has 0 amide bonds. The highest BCUT2D eigenvalue weighted by atomic mass is 19.1. The third kappa shape index (κ3) is 2.18. The molecule has 2 aromatic rings. The smallest absolute Gasteiger partial charge is 0.148 e. The summed E-state index contributed by atoms with van der Waals surface area (Å²) in [5, 5.41) is 8.86. The maximum atomic E-state index is 13.3. The van der Waals surface area contributed by atoms with Crippen molar-refractivity contribution < 1.29 is 9.13 Å². The Morgan fingerprint density at radius 2 is 1.89 bits per heavy atom. The summed E-state index contributed by atoms with van der Waals surface area (Å²) in [6, 6.07) is 10.6. The van der Waals surface area contributed by atoms with Gasteiger partial charge in [0.25, 0.3) is 0 Å². The van der Waals surface area contributed by atoms with E-state index in [0.29, 0.717) is 17.1 Å². The molecular weight excluding hydrogens is 233 g/mol. The Labute approximate surface area is 103 Å². The van der Waals surface area contributed by atoms with Crippen LogP contribution in [0.5, 0.6) is 11.5 Å². The molecule has 90 valence electrons. The summed E-state index contributed by atoms with van der Waals surface area (Å²) >= 11 is 0. The van der Waals surface area contributed by atoms with E-state index < -0.39 is 5.82 Å². The quantitative estimate of drug-likeness (QED) is 0.794. The van der Waals surface area contributed by atoms with Gasteiger partial charge >= 0.3 is 0 Å². The average molecular weight is 243 g/mol. The number of nitrogens with zero attached hydrogens (tertiary/aromatic N) is 1. The van der Waals surface area contributed by atoms with Crippen molar-refractivity contribution in [3.05, 3.63) is 47.8 Å². The van der Waals surface area contributed by atoms with Crippen LogP contribution in [0.15, 0.2) is 36.4 Å². The Hall–Kier alpha value is -2.74. The van der Waals surface area contributed by atoms with Gasteiger partial charge < -0.3 is 16.2 Å². The fraction of sp³-hybridized carbons (Fsp3) is 0. The standard InChI is InChI=1S/C13H10FN3O/c14-10-2-1-3-13(9(10)7-15)18-8-4-5-11(16)12(17)6-8/h1-6H,16-17H2. The second kappa shape index (κ2) is 4.63. The zero-order chi connectivity index (χ0) is 13.1. The van der Waals surface area contributed by atoms with Crippen molar-refractivity contribution in [2.75, 3.05) is 11.5 Å². The van der Waals surface area contributed by atoms with Crippen molar-refractivity contribution in [1.82, 2.24) is 0 Å².